The van der Waals surface area contributed by atoms with Crippen LogP contribution in [0.2, 0.25) is 0 Å². The van der Waals surface area contributed by atoms with Crippen molar-refractivity contribution in [3.8, 4) is 5.75 Å². The van der Waals surface area contributed by atoms with Gasteiger partial charge in [-0.1, -0.05) is 12.1 Å². The van der Waals surface area contributed by atoms with Gasteiger partial charge in [-0.05, 0) is 31.4 Å². The maximum absolute atomic E-state index is 12.0. The number of hydrogen-bond donors (Lipinski definition) is 1. The van der Waals surface area contributed by atoms with Crippen molar-refractivity contribution in [1.29, 1.82) is 0 Å². The van der Waals surface area contributed by atoms with Gasteiger partial charge in [0.05, 0.1) is 18.8 Å². The van der Waals surface area contributed by atoms with Gasteiger partial charge in [-0.2, -0.15) is 0 Å². The first-order valence-electron chi connectivity index (χ1n) is 10.7. The van der Waals surface area contributed by atoms with E-state index in [1.165, 1.54) is 11.1 Å². The Morgan fingerprint density at radius 3 is 2.87 bits per heavy atom. The number of methoxy groups -OCH3 is 1. The predicted octanol–water partition coefficient (Wildman–Crippen LogP) is 3.08. The van der Waals surface area contributed by atoms with Crippen LogP contribution in [0, 0.1) is 6.92 Å². The Hall–Kier alpha value is -2.67. The molecule has 4 rings (SSSR count). The molecule has 1 amide bonds. The Morgan fingerprint density at radius 1 is 1.30 bits per heavy atom. The Morgan fingerprint density at radius 2 is 2.13 bits per heavy atom. The number of ether oxygens (including phenoxy) is 1. The third kappa shape index (κ3) is 3.99. The van der Waals surface area contributed by atoms with E-state index in [0.717, 1.165) is 74.1 Å². The van der Waals surface area contributed by atoms with E-state index in [1.54, 1.807) is 14.0 Å². The summed E-state index contributed by atoms with van der Waals surface area (Å²) in [5.74, 6) is 2.69. The van der Waals surface area contributed by atoms with E-state index >= 15 is 0 Å². The molecule has 2 aliphatic heterocycles. The van der Waals surface area contributed by atoms with Gasteiger partial charge in [-0.3, -0.25) is 9.69 Å². The number of hydrogen-bond acceptors (Lipinski definition) is 6. The molecule has 7 heteroatoms. The minimum absolute atomic E-state index is 0.00486. The molecule has 3 heterocycles. The number of carbonyl (C=O) groups is 1. The Bertz CT molecular complexity index is 928. The summed E-state index contributed by atoms with van der Waals surface area (Å²) in [4.78, 5) is 26.1. The third-order valence-corrected chi connectivity index (χ3v) is 6.19. The van der Waals surface area contributed by atoms with E-state index in [4.69, 9.17) is 14.7 Å². The van der Waals surface area contributed by atoms with Gasteiger partial charge in [0.25, 0.3) is 0 Å². The lowest BCUT2D eigenvalue weighted by atomic mass is 10.0. The molecule has 2 aromatic rings. The number of aromatic nitrogens is 2. The zero-order valence-corrected chi connectivity index (χ0v) is 18.4. The van der Waals surface area contributed by atoms with E-state index in [1.807, 2.05) is 11.9 Å². The van der Waals surface area contributed by atoms with E-state index in [-0.39, 0.29) is 11.9 Å². The third-order valence-electron chi connectivity index (χ3n) is 6.19. The summed E-state index contributed by atoms with van der Waals surface area (Å²) >= 11 is 0. The Labute approximate surface area is 178 Å². The van der Waals surface area contributed by atoms with Crippen LogP contribution in [0.15, 0.2) is 18.2 Å². The highest BCUT2D eigenvalue weighted by atomic mass is 16.5. The average molecular weight is 410 g/mol. The number of nitrogens with zero attached hydrogens (tertiary/aromatic N) is 4. The molecule has 0 aliphatic carbocycles. The standard InChI is InChI=1S/C23H31N5O2/c1-15-7-8-17(21(12-15)30-4)13-27-11-9-19-18(14-27)22(24-3)26-23(25-19)20-6-5-10-28(20)16(2)29/h7-8,12,20H,5-6,9-11,13-14H2,1-4H3,(H,24,25,26). The molecule has 1 aromatic heterocycles. The summed E-state index contributed by atoms with van der Waals surface area (Å²) in [5.41, 5.74) is 4.65. The topological polar surface area (TPSA) is 70.6 Å². The molecule has 0 radical (unpaired) electrons. The van der Waals surface area contributed by atoms with E-state index in [2.05, 4.69) is 35.3 Å². The number of carbonyl (C=O) groups excluding carboxylic acids is 1. The number of likely N-dealkylation sites (tertiary alicyclic amines) is 1. The van der Waals surface area contributed by atoms with Crippen molar-refractivity contribution in [2.75, 3.05) is 32.6 Å². The zero-order chi connectivity index (χ0) is 21.3. The highest BCUT2D eigenvalue weighted by molar-refractivity contribution is 5.74. The van der Waals surface area contributed by atoms with Gasteiger partial charge in [-0.15, -0.1) is 0 Å². The maximum atomic E-state index is 12.0. The summed E-state index contributed by atoms with van der Waals surface area (Å²) in [6.07, 6.45) is 2.81. The van der Waals surface area contributed by atoms with Crippen LogP contribution in [-0.4, -0.2) is 52.9 Å². The molecular weight excluding hydrogens is 378 g/mol. The molecule has 1 fully saturated rings. The fraction of sp³-hybridized carbons (Fsp3) is 0.522. The molecule has 0 bridgehead atoms. The lowest BCUT2D eigenvalue weighted by molar-refractivity contribution is -0.129. The fourth-order valence-corrected chi connectivity index (χ4v) is 4.62. The van der Waals surface area contributed by atoms with Gasteiger partial charge in [-0.25, -0.2) is 9.97 Å². The minimum atomic E-state index is -0.00486. The molecule has 0 spiro atoms. The fourth-order valence-electron chi connectivity index (χ4n) is 4.62. The molecule has 30 heavy (non-hydrogen) atoms. The Balaban J connectivity index is 1.57. The van der Waals surface area contributed by atoms with Crippen LogP contribution >= 0.6 is 0 Å². The van der Waals surface area contributed by atoms with Crippen LogP contribution in [0.3, 0.4) is 0 Å². The molecule has 1 aromatic carbocycles. The molecular formula is C23H31N5O2. The summed E-state index contributed by atoms with van der Waals surface area (Å²) in [7, 11) is 3.64. The molecule has 2 aliphatic rings. The SMILES string of the molecule is CNc1nc(C2CCCN2C(C)=O)nc2c1CN(Cc1ccc(C)cc1OC)CC2. The van der Waals surface area contributed by atoms with E-state index in [9.17, 15) is 4.79 Å². The van der Waals surface area contributed by atoms with Crippen LogP contribution in [0.1, 0.15) is 54.0 Å². The second-order valence-corrected chi connectivity index (χ2v) is 8.25. The van der Waals surface area contributed by atoms with Gasteiger partial charge < -0.3 is 15.0 Å². The van der Waals surface area contributed by atoms with E-state index in [0.29, 0.717) is 0 Å². The lowest BCUT2D eigenvalue weighted by Gasteiger charge is -2.31. The second kappa shape index (κ2) is 8.60. The van der Waals surface area contributed by atoms with Crippen LogP contribution in [0.25, 0.3) is 0 Å². The van der Waals surface area contributed by atoms with Crippen molar-refractivity contribution in [3.63, 3.8) is 0 Å². The summed E-state index contributed by atoms with van der Waals surface area (Å²) in [6.45, 7) is 7.06. The first-order chi connectivity index (χ1) is 14.5. The van der Waals surface area contributed by atoms with Crippen LogP contribution in [0.4, 0.5) is 5.82 Å². The van der Waals surface area contributed by atoms with Gasteiger partial charge in [0, 0.05) is 57.7 Å². The second-order valence-electron chi connectivity index (χ2n) is 8.25. The van der Waals surface area contributed by atoms with E-state index < -0.39 is 0 Å². The number of aryl methyl sites for hydroxylation is 1. The monoisotopic (exact) mass is 409 g/mol. The lowest BCUT2D eigenvalue weighted by Crippen LogP contribution is -2.33. The molecule has 1 atom stereocenters. The first-order valence-corrected chi connectivity index (χ1v) is 10.7. The smallest absolute Gasteiger partial charge is 0.220 e. The van der Waals surface area contributed by atoms with Gasteiger partial charge in [0.15, 0.2) is 5.82 Å². The van der Waals surface area contributed by atoms with Crippen molar-refractivity contribution in [2.24, 2.45) is 0 Å². The normalized spacial score (nSPS) is 18.9. The van der Waals surface area contributed by atoms with Crippen LogP contribution in [0.5, 0.6) is 5.75 Å². The van der Waals surface area contributed by atoms with Gasteiger partial charge >= 0.3 is 0 Å². The summed E-state index contributed by atoms with van der Waals surface area (Å²) < 4.78 is 5.59. The number of fused-ring (bicyclic) bond motifs is 1. The van der Waals surface area contributed by atoms with Crippen molar-refractivity contribution in [2.45, 2.75) is 52.2 Å². The van der Waals surface area contributed by atoms with Crippen molar-refractivity contribution < 1.29 is 9.53 Å². The molecule has 1 saturated heterocycles. The zero-order valence-electron chi connectivity index (χ0n) is 18.4. The molecule has 160 valence electrons. The highest BCUT2D eigenvalue weighted by Gasteiger charge is 2.32. The maximum Gasteiger partial charge on any atom is 0.220 e. The minimum Gasteiger partial charge on any atom is -0.496 e. The molecule has 0 saturated carbocycles. The van der Waals surface area contributed by atoms with Crippen molar-refractivity contribution in [3.05, 3.63) is 46.4 Å². The number of anilines is 1. The number of benzene rings is 1. The molecule has 1 N–H and O–H groups in total. The van der Waals surface area contributed by atoms with Crippen molar-refractivity contribution >= 4 is 11.7 Å². The number of nitrogens with one attached hydrogen (secondary N) is 1. The van der Waals surface area contributed by atoms with Crippen LogP contribution in [-0.2, 0) is 24.3 Å². The predicted molar refractivity (Wildman–Crippen MR) is 116 cm³/mol. The average Bonchev–Trinajstić information content (AvgIpc) is 3.24. The quantitative estimate of drug-likeness (QED) is 0.818. The van der Waals surface area contributed by atoms with Crippen molar-refractivity contribution in [1.82, 2.24) is 19.8 Å². The number of amides is 1. The first kappa shape index (κ1) is 20.6. The van der Waals surface area contributed by atoms with Gasteiger partial charge in [0.2, 0.25) is 5.91 Å². The van der Waals surface area contributed by atoms with Gasteiger partial charge in [0.1, 0.15) is 11.6 Å². The molecule has 1 unspecified atom stereocenters. The largest absolute Gasteiger partial charge is 0.496 e. The highest BCUT2D eigenvalue weighted by Crippen LogP contribution is 2.33. The summed E-state index contributed by atoms with van der Waals surface area (Å²) in [5, 5.41) is 3.27. The number of rotatable bonds is 5. The van der Waals surface area contributed by atoms with Crippen LogP contribution < -0.4 is 10.1 Å². The Kier molecular flexibility index (Phi) is 5.90. The molecule has 7 nitrogen and oxygen atoms in total. The summed E-state index contributed by atoms with van der Waals surface area (Å²) in [6, 6.07) is 6.37.